The average molecular weight is 362 g/mol. The first-order valence-electron chi connectivity index (χ1n) is 8.40. The predicted octanol–water partition coefficient (Wildman–Crippen LogP) is 3.13. The van der Waals surface area contributed by atoms with Gasteiger partial charge in [0.05, 0.1) is 35.8 Å². The zero-order chi connectivity index (χ0) is 19.1. The number of anilines is 1. The van der Waals surface area contributed by atoms with Crippen LogP contribution in [0.15, 0.2) is 54.3 Å². The van der Waals surface area contributed by atoms with Gasteiger partial charge in [-0.25, -0.2) is 9.78 Å². The first kappa shape index (κ1) is 16.8. The van der Waals surface area contributed by atoms with Crippen LogP contribution in [0.25, 0.3) is 16.6 Å². The quantitative estimate of drug-likeness (QED) is 0.699. The number of para-hydroxylation sites is 2. The lowest BCUT2D eigenvalue weighted by molar-refractivity contribution is 0.0600. The second-order valence-corrected chi connectivity index (χ2v) is 6.28. The highest BCUT2D eigenvalue weighted by Crippen LogP contribution is 2.32. The molecule has 1 aromatic heterocycles. The van der Waals surface area contributed by atoms with Gasteiger partial charge in [-0.15, -0.1) is 0 Å². The van der Waals surface area contributed by atoms with Gasteiger partial charge >= 0.3 is 5.97 Å². The van der Waals surface area contributed by atoms with Gasteiger partial charge in [-0.05, 0) is 36.4 Å². The molecule has 0 spiro atoms. The summed E-state index contributed by atoms with van der Waals surface area (Å²) in [6.07, 6.45) is 0. The van der Waals surface area contributed by atoms with E-state index in [0.717, 1.165) is 11.0 Å². The number of carbonyl (C=O) groups is 1. The summed E-state index contributed by atoms with van der Waals surface area (Å²) < 4.78 is 6.58. The molecule has 7 nitrogen and oxygen atoms in total. The first-order chi connectivity index (χ1) is 13.0. The number of imidazole rings is 1. The number of benzene rings is 2. The average Bonchev–Trinajstić information content (AvgIpc) is 3.17. The predicted molar refractivity (Wildman–Crippen MR) is 103 cm³/mol. The maximum Gasteiger partial charge on any atom is 0.337 e. The second kappa shape index (κ2) is 6.28. The number of aryl methyl sites for hydroxylation is 1. The van der Waals surface area contributed by atoms with Crippen molar-refractivity contribution in [1.82, 2.24) is 9.55 Å². The number of fused-ring (bicyclic) bond motifs is 1. The molecular weight excluding hydrogens is 344 g/mol. The van der Waals surface area contributed by atoms with Crippen molar-refractivity contribution in [2.45, 2.75) is 0 Å². The number of nitrogens with one attached hydrogen (secondary N) is 1. The lowest BCUT2D eigenvalue weighted by Crippen LogP contribution is -2.26. The van der Waals surface area contributed by atoms with Gasteiger partial charge < -0.3 is 19.3 Å². The Morgan fingerprint density at radius 3 is 2.56 bits per heavy atom. The smallest absolute Gasteiger partial charge is 0.337 e. The zero-order valence-electron chi connectivity index (χ0n) is 14.9. The summed E-state index contributed by atoms with van der Waals surface area (Å²) in [7, 11) is 3.20. The molecule has 0 saturated heterocycles. The molecule has 1 aliphatic heterocycles. The van der Waals surface area contributed by atoms with Crippen molar-refractivity contribution in [2.24, 2.45) is 7.05 Å². The molecule has 136 valence electrons. The molecule has 7 heteroatoms. The van der Waals surface area contributed by atoms with E-state index in [1.165, 1.54) is 7.11 Å². The third kappa shape index (κ3) is 2.64. The van der Waals surface area contributed by atoms with E-state index in [4.69, 9.17) is 10.1 Å². The molecule has 0 saturated carbocycles. The minimum atomic E-state index is -0.417. The van der Waals surface area contributed by atoms with Crippen LogP contribution in [-0.4, -0.2) is 40.1 Å². The number of esters is 1. The highest BCUT2D eigenvalue weighted by atomic mass is 16.5. The van der Waals surface area contributed by atoms with Crippen LogP contribution in [0.3, 0.4) is 0 Å². The Hall–Kier alpha value is -3.61. The molecule has 2 aromatic carbocycles. The summed E-state index contributed by atoms with van der Waals surface area (Å²) >= 11 is 0. The van der Waals surface area contributed by atoms with Gasteiger partial charge in [-0.1, -0.05) is 12.1 Å². The van der Waals surface area contributed by atoms with Crippen LogP contribution in [0, 0.1) is 5.41 Å². The molecule has 0 unspecified atom stereocenters. The number of carbonyl (C=O) groups excluding carboxylic acids is 1. The topological polar surface area (TPSA) is 91.4 Å². The first-order valence-corrected chi connectivity index (χ1v) is 8.40. The van der Waals surface area contributed by atoms with E-state index in [1.54, 1.807) is 29.2 Å². The van der Waals surface area contributed by atoms with E-state index in [2.05, 4.69) is 4.98 Å². The number of aliphatic hydroxyl groups is 1. The van der Waals surface area contributed by atoms with Crippen LogP contribution < -0.4 is 4.90 Å². The minimum Gasteiger partial charge on any atom is -0.509 e. The van der Waals surface area contributed by atoms with Gasteiger partial charge in [0.25, 0.3) is 0 Å². The van der Waals surface area contributed by atoms with Gasteiger partial charge in [0.2, 0.25) is 0 Å². The molecule has 0 atom stereocenters. The molecule has 3 aromatic rings. The van der Waals surface area contributed by atoms with Gasteiger partial charge in [0, 0.05) is 12.7 Å². The normalized spacial score (nSPS) is 14.3. The molecule has 2 heterocycles. The number of ether oxygens (including phenoxy) is 1. The van der Waals surface area contributed by atoms with Crippen molar-refractivity contribution in [3.05, 3.63) is 65.7 Å². The van der Waals surface area contributed by atoms with Gasteiger partial charge in [0.15, 0.2) is 0 Å². The third-order valence-electron chi connectivity index (χ3n) is 4.71. The van der Waals surface area contributed by atoms with E-state index in [9.17, 15) is 9.90 Å². The fraction of sp³-hybridized carbons (Fsp3) is 0.150. The Balaban J connectivity index is 1.69. The highest BCUT2D eigenvalue weighted by molar-refractivity contribution is 6.30. The largest absolute Gasteiger partial charge is 0.509 e. The molecule has 27 heavy (non-hydrogen) atoms. The summed E-state index contributed by atoms with van der Waals surface area (Å²) in [5.74, 6) is 0.388. The number of hydrogen-bond donors (Lipinski definition) is 2. The van der Waals surface area contributed by atoms with Crippen molar-refractivity contribution in [2.75, 3.05) is 18.6 Å². The molecular formula is C20H18N4O3. The Morgan fingerprint density at radius 1 is 1.19 bits per heavy atom. The van der Waals surface area contributed by atoms with Crippen LogP contribution in [0.4, 0.5) is 5.69 Å². The van der Waals surface area contributed by atoms with E-state index < -0.39 is 5.97 Å². The number of rotatable bonds is 3. The lowest BCUT2D eigenvalue weighted by atomic mass is 10.2. The molecule has 2 N–H and O–H groups in total. The highest BCUT2D eigenvalue weighted by Gasteiger charge is 2.32. The Bertz CT molecular complexity index is 1100. The molecule has 0 radical (unpaired) electrons. The Labute approximate surface area is 155 Å². The zero-order valence-corrected chi connectivity index (χ0v) is 14.9. The van der Waals surface area contributed by atoms with Gasteiger partial charge in [-0.3, -0.25) is 5.41 Å². The van der Waals surface area contributed by atoms with Crippen molar-refractivity contribution in [1.29, 1.82) is 5.41 Å². The molecule has 0 aliphatic carbocycles. The van der Waals surface area contributed by atoms with Gasteiger partial charge in [0.1, 0.15) is 17.4 Å². The maximum absolute atomic E-state index is 11.6. The van der Waals surface area contributed by atoms with Crippen LogP contribution in [0.2, 0.25) is 0 Å². The Morgan fingerprint density at radius 2 is 1.89 bits per heavy atom. The van der Waals surface area contributed by atoms with E-state index in [-0.39, 0.29) is 18.1 Å². The third-order valence-corrected chi connectivity index (χ3v) is 4.71. The summed E-state index contributed by atoms with van der Waals surface area (Å²) in [4.78, 5) is 17.8. The van der Waals surface area contributed by atoms with Crippen molar-refractivity contribution < 1.29 is 14.6 Å². The summed E-state index contributed by atoms with van der Waals surface area (Å²) in [5.41, 5.74) is 3.28. The SMILES string of the molecule is COC(=O)c1ccc(N2CC(O)=C(c3nc4ccccc4n3C)C2=N)cc1. The van der Waals surface area contributed by atoms with Crippen molar-refractivity contribution in [3.8, 4) is 0 Å². The lowest BCUT2D eigenvalue weighted by Gasteiger charge is -2.19. The van der Waals surface area contributed by atoms with E-state index in [0.29, 0.717) is 22.6 Å². The number of nitrogens with zero attached hydrogens (tertiary/aromatic N) is 3. The summed E-state index contributed by atoms with van der Waals surface area (Å²) in [6, 6.07) is 14.4. The fourth-order valence-corrected chi connectivity index (χ4v) is 3.30. The monoisotopic (exact) mass is 362 g/mol. The standard InChI is InChI=1S/C20H18N4O3/c1-23-15-6-4-3-5-14(15)22-19(23)17-16(25)11-24(18(17)21)13-9-7-12(8-10-13)20(26)27-2/h3-10,21,25H,11H2,1-2H3. The molecule has 0 bridgehead atoms. The van der Waals surface area contributed by atoms with E-state index >= 15 is 0 Å². The van der Waals surface area contributed by atoms with Gasteiger partial charge in [-0.2, -0.15) is 0 Å². The molecule has 4 rings (SSSR count). The summed E-state index contributed by atoms with van der Waals surface area (Å²) in [6.45, 7) is 0.176. The van der Waals surface area contributed by atoms with Crippen LogP contribution in [0.5, 0.6) is 0 Å². The Kier molecular flexibility index (Phi) is 3.92. The number of aromatic nitrogens is 2. The number of hydrogen-bond acceptors (Lipinski definition) is 5. The fourth-order valence-electron chi connectivity index (χ4n) is 3.30. The van der Waals surface area contributed by atoms with Crippen LogP contribution in [0.1, 0.15) is 16.2 Å². The van der Waals surface area contributed by atoms with E-state index in [1.807, 2.05) is 35.9 Å². The van der Waals surface area contributed by atoms with Crippen molar-refractivity contribution >= 4 is 34.1 Å². The summed E-state index contributed by atoms with van der Waals surface area (Å²) in [5, 5.41) is 19.1. The van der Waals surface area contributed by atoms with Crippen LogP contribution >= 0.6 is 0 Å². The molecule has 0 fully saturated rings. The number of aliphatic hydroxyl groups excluding tert-OH is 1. The second-order valence-electron chi connectivity index (χ2n) is 6.28. The number of methoxy groups -OCH3 is 1. The van der Waals surface area contributed by atoms with Crippen LogP contribution in [-0.2, 0) is 11.8 Å². The number of amidine groups is 1. The molecule has 0 amide bonds. The maximum atomic E-state index is 11.6. The van der Waals surface area contributed by atoms with Crippen molar-refractivity contribution in [3.63, 3.8) is 0 Å². The minimum absolute atomic E-state index is 0.0930. The molecule has 1 aliphatic rings.